The molecule has 1 fully saturated rings. The monoisotopic (exact) mass is 304 g/mol. The van der Waals surface area contributed by atoms with Crippen molar-refractivity contribution in [2.45, 2.75) is 19.0 Å². The highest BCUT2D eigenvalue weighted by Crippen LogP contribution is 2.21. The summed E-state index contributed by atoms with van der Waals surface area (Å²) in [6.07, 6.45) is -3.33. The summed E-state index contributed by atoms with van der Waals surface area (Å²) >= 11 is 0. The number of sulfonamides is 1. The minimum atomic E-state index is -4.60. The average molecular weight is 304 g/mol. The van der Waals surface area contributed by atoms with Gasteiger partial charge < -0.3 is 10.4 Å². The van der Waals surface area contributed by atoms with Gasteiger partial charge in [0.05, 0.1) is 12.4 Å². The molecule has 0 aromatic carbocycles. The largest absolute Gasteiger partial charge is 0.402 e. The first-order valence-electron chi connectivity index (χ1n) is 6.11. The Labute approximate surface area is 110 Å². The van der Waals surface area contributed by atoms with Crippen LogP contribution in [-0.4, -0.2) is 62.5 Å². The van der Waals surface area contributed by atoms with Gasteiger partial charge in [-0.25, -0.2) is 8.42 Å². The molecule has 114 valence electrons. The number of aliphatic hydroxyl groups is 1. The van der Waals surface area contributed by atoms with Crippen LogP contribution in [0.15, 0.2) is 0 Å². The van der Waals surface area contributed by atoms with Gasteiger partial charge in [0.1, 0.15) is 6.54 Å². The molecule has 5 nitrogen and oxygen atoms in total. The maximum atomic E-state index is 12.3. The quantitative estimate of drug-likeness (QED) is 0.734. The Hall–Kier alpha value is -0.380. The molecule has 1 aliphatic rings. The van der Waals surface area contributed by atoms with Crippen LogP contribution in [0.1, 0.15) is 12.8 Å². The third kappa shape index (κ3) is 6.07. The predicted molar refractivity (Wildman–Crippen MR) is 64.1 cm³/mol. The Morgan fingerprint density at radius 1 is 1.26 bits per heavy atom. The fourth-order valence-corrected chi connectivity index (χ4v) is 3.92. The Kier molecular flexibility index (Phi) is 6.03. The maximum absolute atomic E-state index is 12.3. The zero-order valence-corrected chi connectivity index (χ0v) is 11.3. The molecule has 0 saturated carbocycles. The van der Waals surface area contributed by atoms with Crippen molar-refractivity contribution in [1.82, 2.24) is 9.62 Å². The molecule has 0 radical (unpaired) electrons. The number of nitrogens with one attached hydrogen (secondary N) is 1. The molecule has 0 bridgehead atoms. The standard InChI is InChI=1S/C10H19F3N2O3S/c11-10(12,13)8-15(5-6-16)19(17,18)7-9-1-3-14-4-2-9/h9,14,16H,1-8H2. The Balaban J connectivity index is 2.68. The minimum Gasteiger partial charge on any atom is -0.395 e. The van der Waals surface area contributed by atoms with Gasteiger partial charge in [-0.15, -0.1) is 0 Å². The number of hydrogen-bond donors (Lipinski definition) is 2. The van der Waals surface area contributed by atoms with E-state index in [1.54, 1.807) is 0 Å². The minimum absolute atomic E-state index is 0.124. The van der Waals surface area contributed by atoms with Gasteiger partial charge >= 0.3 is 6.18 Å². The van der Waals surface area contributed by atoms with Crippen LogP contribution < -0.4 is 5.32 Å². The zero-order chi connectivity index (χ0) is 14.5. The van der Waals surface area contributed by atoms with Crippen molar-refractivity contribution in [2.24, 2.45) is 5.92 Å². The summed E-state index contributed by atoms with van der Waals surface area (Å²) in [4.78, 5) is 0. The number of piperidine rings is 1. The van der Waals surface area contributed by atoms with Crippen LogP contribution >= 0.6 is 0 Å². The number of halogens is 3. The van der Waals surface area contributed by atoms with Crippen molar-refractivity contribution in [3.8, 4) is 0 Å². The molecular formula is C10H19F3N2O3S. The summed E-state index contributed by atoms with van der Waals surface area (Å²) in [5, 5.41) is 11.8. The second-order valence-corrected chi connectivity index (χ2v) is 6.66. The van der Waals surface area contributed by atoms with Crippen LogP contribution in [0.4, 0.5) is 13.2 Å². The molecule has 0 aliphatic carbocycles. The van der Waals surface area contributed by atoms with Gasteiger partial charge in [0, 0.05) is 6.54 Å². The lowest BCUT2D eigenvalue weighted by atomic mass is 10.0. The molecule has 19 heavy (non-hydrogen) atoms. The van der Waals surface area contributed by atoms with E-state index in [0.717, 1.165) is 0 Å². The first-order chi connectivity index (χ1) is 8.74. The molecule has 1 aliphatic heterocycles. The summed E-state index contributed by atoms with van der Waals surface area (Å²) in [5.41, 5.74) is 0. The van der Waals surface area contributed by atoms with Crippen molar-refractivity contribution in [2.75, 3.05) is 38.5 Å². The summed E-state index contributed by atoms with van der Waals surface area (Å²) in [7, 11) is -3.99. The summed E-state index contributed by atoms with van der Waals surface area (Å²) in [5.74, 6) is -0.411. The average Bonchev–Trinajstić information content (AvgIpc) is 2.27. The molecule has 0 aromatic rings. The molecule has 9 heteroatoms. The Morgan fingerprint density at radius 3 is 2.32 bits per heavy atom. The van der Waals surface area contributed by atoms with Gasteiger partial charge in [0.25, 0.3) is 0 Å². The topological polar surface area (TPSA) is 69.6 Å². The molecule has 0 unspecified atom stereocenters. The van der Waals surface area contributed by atoms with Crippen LogP contribution in [0.25, 0.3) is 0 Å². The van der Waals surface area contributed by atoms with Crippen LogP contribution in [-0.2, 0) is 10.0 Å². The highest BCUT2D eigenvalue weighted by atomic mass is 32.2. The van der Waals surface area contributed by atoms with Gasteiger partial charge in [-0.1, -0.05) is 0 Å². The fraction of sp³-hybridized carbons (Fsp3) is 1.00. The van der Waals surface area contributed by atoms with Crippen molar-refractivity contribution in [3.05, 3.63) is 0 Å². The number of aliphatic hydroxyl groups excluding tert-OH is 1. The van der Waals surface area contributed by atoms with E-state index in [1.807, 2.05) is 0 Å². The second-order valence-electron chi connectivity index (χ2n) is 4.64. The van der Waals surface area contributed by atoms with Gasteiger partial charge in [0.2, 0.25) is 10.0 Å². The maximum Gasteiger partial charge on any atom is 0.402 e. The van der Waals surface area contributed by atoms with E-state index < -0.39 is 35.9 Å². The summed E-state index contributed by atoms with van der Waals surface area (Å²) < 4.78 is 61.3. The van der Waals surface area contributed by atoms with Crippen molar-refractivity contribution in [1.29, 1.82) is 0 Å². The molecular weight excluding hydrogens is 285 g/mol. The highest BCUT2D eigenvalue weighted by Gasteiger charge is 2.37. The zero-order valence-electron chi connectivity index (χ0n) is 10.5. The fourth-order valence-electron chi connectivity index (χ4n) is 2.08. The molecule has 0 spiro atoms. The summed E-state index contributed by atoms with van der Waals surface area (Å²) in [6.45, 7) is -1.33. The van der Waals surface area contributed by atoms with Crippen molar-refractivity contribution >= 4 is 10.0 Å². The van der Waals surface area contributed by atoms with E-state index in [-0.39, 0.29) is 11.7 Å². The van der Waals surface area contributed by atoms with Crippen LogP contribution in [0, 0.1) is 5.92 Å². The smallest absolute Gasteiger partial charge is 0.395 e. The molecule has 0 atom stereocenters. The van der Waals surface area contributed by atoms with E-state index >= 15 is 0 Å². The predicted octanol–water partition coefficient (Wildman–Crippen LogP) is 0.172. The van der Waals surface area contributed by atoms with Gasteiger partial charge in [0.15, 0.2) is 0 Å². The second kappa shape index (κ2) is 6.87. The van der Waals surface area contributed by atoms with Crippen LogP contribution in [0.2, 0.25) is 0 Å². The van der Waals surface area contributed by atoms with Gasteiger partial charge in [-0.3, -0.25) is 0 Å². The van der Waals surface area contributed by atoms with Gasteiger partial charge in [-0.2, -0.15) is 17.5 Å². The molecule has 0 amide bonds. The van der Waals surface area contributed by atoms with Crippen molar-refractivity contribution in [3.63, 3.8) is 0 Å². The number of nitrogens with zero attached hydrogens (tertiary/aromatic N) is 1. The number of alkyl halides is 3. The number of hydrogen-bond acceptors (Lipinski definition) is 4. The molecule has 1 heterocycles. The lowest BCUT2D eigenvalue weighted by Crippen LogP contribution is -2.44. The van der Waals surface area contributed by atoms with E-state index in [4.69, 9.17) is 5.11 Å². The lowest BCUT2D eigenvalue weighted by Gasteiger charge is -2.27. The van der Waals surface area contributed by atoms with E-state index in [9.17, 15) is 21.6 Å². The van der Waals surface area contributed by atoms with E-state index in [1.165, 1.54) is 0 Å². The molecule has 2 N–H and O–H groups in total. The lowest BCUT2D eigenvalue weighted by molar-refractivity contribution is -0.136. The summed E-state index contributed by atoms with van der Waals surface area (Å²) in [6, 6.07) is 0. The van der Waals surface area contributed by atoms with Crippen LogP contribution in [0.3, 0.4) is 0 Å². The normalized spacial score (nSPS) is 19.0. The Morgan fingerprint density at radius 2 is 1.84 bits per heavy atom. The molecule has 1 rings (SSSR count). The number of rotatable bonds is 6. The van der Waals surface area contributed by atoms with Crippen LogP contribution in [0.5, 0.6) is 0 Å². The van der Waals surface area contributed by atoms with Gasteiger partial charge in [-0.05, 0) is 31.8 Å². The SMILES string of the molecule is O=S(=O)(CC1CCNCC1)N(CCO)CC(F)(F)F. The highest BCUT2D eigenvalue weighted by molar-refractivity contribution is 7.89. The molecule has 0 aromatic heterocycles. The first-order valence-corrected chi connectivity index (χ1v) is 7.71. The van der Waals surface area contributed by atoms with E-state index in [2.05, 4.69) is 5.32 Å². The van der Waals surface area contributed by atoms with Crippen molar-refractivity contribution < 1.29 is 26.7 Å². The van der Waals surface area contributed by atoms with E-state index in [0.29, 0.717) is 30.2 Å². The molecule has 1 saturated heterocycles. The third-order valence-electron chi connectivity index (χ3n) is 3.00. The third-order valence-corrected chi connectivity index (χ3v) is 4.99. The first kappa shape index (κ1) is 16.7. The Bertz CT molecular complexity index is 367.